The first-order valence-corrected chi connectivity index (χ1v) is 6.18. The molecule has 17 heavy (non-hydrogen) atoms. The quantitative estimate of drug-likeness (QED) is 0.394. The number of oxime groups is 1. The Hall–Kier alpha value is -1.35. The van der Waals surface area contributed by atoms with E-state index >= 15 is 0 Å². The number of hydrogen-bond acceptors (Lipinski definition) is 3. The van der Waals surface area contributed by atoms with Crippen molar-refractivity contribution in [1.82, 2.24) is 0 Å². The molecule has 0 atom stereocenters. The zero-order chi connectivity index (χ0) is 12.3. The van der Waals surface area contributed by atoms with Crippen molar-refractivity contribution in [3.05, 3.63) is 35.4 Å². The lowest BCUT2D eigenvalue weighted by molar-refractivity contribution is 0.0927. The fourth-order valence-electron chi connectivity index (χ4n) is 1.36. The Labute approximate surface area is 103 Å². The van der Waals surface area contributed by atoms with Gasteiger partial charge in [-0.15, -0.1) is 0 Å². The van der Waals surface area contributed by atoms with Gasteiger partial charge in [-0.05, 0) is 24.5 Å². The van der Waals surface area contributed by atoms with Gasteiger partial charge in [0.25, 0.3) is 0 Å². The Morgan fingerprint density at radius 2 is 1.88 bits per heavy atom. The van der Waals surface area contributed by atoms with E-state index in [1.165, 1.54) is 5.56 Å². The predicted molar refractivity (Wildman–Crippen MR) is 70.5 cm³/mol. The normalized spacial score (nSPS) is 10.9. The van der Waals surface area contributed by atoms with Crippen molar-refractivity contribution in [3.8, 4) is 0 Å². The number of rotatable bonds is 8. The molecule has 0 fully saturated rings. The van der Waals surface area contributed by atoms with E-state index in [1.54, 1.807) is 6.21 Å². The van der Waals surface area contributed by atoms with Crippen molar-refractivity contribution in [1.29, 1.82) is 0 Å². The summed E-state index contributed by atoms with van der Waals surface area (Å²) in [4.78, 5) is 5.13. The molecule has 0 amide bonds. The summed E-state index contributed by atoms with van der Waals surface area (Å²) < 4.78 is 5.19. The van der Waals surface area contributed by atoms with Crippen LogP contribution in [-0.2, 0) is 16.0 Å². The summed E-state index contributed by atoms with van der Waals surface area (Å²) >= 11 is 0. The van der Waals surface area contributed by atoms with Crippen molar-refractivity contribution < 1.29 is 9.57 Å². The van der Waals surface area contributed by atoms with Gasteiger partial charge < -0.3 is 9.57 Å². The average Bonchev–Trinajstić information content (AvgIpc) is 2.38. The van der Waals surface area contributed by atoms with Gasteiger partial charge in [-0.1, -0.05) is 36.3 Å². The molecule has 1 rings (SSSR count). The Bertz CT molecular complexity index is 319. The topological polar surface area (TPSA) is 30.8 Å². The Morgan fingerprint density at radius 3 is 2.53 bits per heavy atom. The van der Waals surface area contributed by atoms with Crippen molar-refractivity contribution in [3.63, 3.8) is 0 Å². The van der Waals surface area contributed by atoms with Crippen LogP contribution in [0.25, 0.3) is 0 Å². The zero-order valence-electron chi connectivity index (χ0n) is 10.7. The number of aryl methyl sites for hydroxylation is 1. The van der Waals surface area contributed by atoms with Crippen LogP contribution in [0.15, 0.2) is 29.4 Å². The first kappa shape index (κ1) is 13.7. The highest BCUT2D eigenvalue weighted by Gasteiger charge is 1.90. The third kappa shape index (κ3) is 6.07. The van der Waals surface area contributed by atoms with Gasteiger partial charge >= 0.3 is 0 Å². The van der Waals surface area contributed by atoms with E-state index in [9.17, 15) is 0 Å². The second-order valence-electron chi connectivity index (χ2n) is 3.71. The number of ether oxygens (including phenoxy) is 1. The van der Waals surface area contributed by atoms with Gasteiger partial charge in [-0.25, -0.2) is 0 Å². The largest absolute Gasteiger partial charge is 0.396 e. The van der Waals surface area contributed by atoms with Gasteiger partial charge in [-0.3, -0.25) is 0 Å². The molecule has 0 aromatic heterocycles. The molecule has 0 aliphatic heterocycles. The minimum atomic E-state index is 0.601. The summed E-state index contributed by atoms with van der Waals surface area (Å²) in [6.45, 7) is 6.22. The first-order chi connectivity index (χ1) is 8.36. The SMILES string of the molecule is CCOCCCO/N=C/c1ccc(CC)cc1. The van der Waals surface area contributed by atoms with E-state index in [4.69, 9.17) is 9.57 Å². The minimum absolute atomic E-state index is 0.601. The zero-order valence-corrected chi connectivity index (χ0v) is 10.7. The van der Waals surface area contributed by atoms with Crippen molar-refractivity contribution in [2.45, 2.75) is 26.7 Å². The van der Waals surface area contributed by atoms with Crippen LogP contribution >= 0.6 is 0 Å². The number of hydrogen-bond donors (Lipinski definition) is 0. The van der Waals surface area contributed by atoms with Gasteiger partial charge in [-0.2, -0.15) is 0 Å². The number of nitrogens with zero attached hydrogens (tertiary/aromatic N) is 1. The van der Waals surface area contributed by atoms with Crippen LogP contribution in [0.3, 0.4) is 0 Å². The summed E-state index contributed by atoms with van der Waals surface area (Å²) in [5.41, 5.74) is 2.40. The van der Waals surface area contributed by atoms with E-state index in [-0.39, 0.29) is 0 Å². The van der Waals surface area contributed by atoms with E-state index in [0.717, 1.165) is 31.6 Å². The molecular weight excluding hydrogens is 214 g/mol. The van der Waals surface area contributed by atoms with Gasteiger partial charge in [0.1, 0.15) is 6.61 Å². The van der Waals surface area contributed by atoms with Crippen LogP contribution in [-0.4, -0.2) is 26.0 Å². The molecule has 0 saturated heterocycles. The molecule has 0 N–H and O–H groups in total. The second kappa shape index (κ2) is 8.76. The smallest absolute Gasteiger partial charge is 0.119 e. The molecule has 0 radical (unpaired) electrons. The molecule has 0 heterocycles. The molecule has 94 valence electrons. The lowest BCUT2D eigenvalue weighted by Crippen LogP contribution is -1.98. The first-order valence-electron chi connectivity index (χ1n) is 6.18. The summed E-state index contributed by atoms with van der Waals surface area (Å²) in [6, 6.07) is 8.31. The van der Waals surface area contributed by atoms with Crippen LogP contribution in [0.5, 0.6) is 0 Å². The highest BCUT2D eigenvalue weighted by molar-refractivity contribution is 5.79. The molecule has 0 aliphatic rings. The summed E-state index contributed by atoms with van der Waals surface area (Å²) in [6.07, 6.45) is 3.67. The lowest BCUT2D eigenvalue weighted by atomic mass is 10.1. The van der Waals surface area contributed by atoms with Crippen molar-refractivity contribution >= 4 is 6.21 Å². The highest BCUT2D eigenvalue weighted by atomic mass is 16.6. The van der Waals surface area contributed by atoms with E-state index in [1.807, 2.05) is 19.1 Å². The molecule has 0 unspecified atom stereocenters. The monoisotopic (exact) mass is 235 g/mol. The van der Waals surface area contributed by atoms with Crippen molar-refractivity contribution in [2.24, 2.45) is 5.16 Å². The summed E-state index contributed by atoms with van der Waals surface area (Å²) in [5, 5.41) is 3.91. The maximum atomic E-state index is 5.19. The molecule has 0 aliphatic carbocycles. The van der Waals surface area contributed by atoms with Gasteiger partial charge in [0.2, 0.25) is 0 Å². The maximum Gasteiger partial charge on any atom is 0.119 e. The molecule has 1 aromatic rings. The molecular formula is C14H21NO2. The minimum Gasteiger partial charge on any atom is -0.396 e. The summed E-state index contributed by atoms with van der Waals surface area (Å²) in [7, 11) is 0. The Kier molecular flexibility index (Phi) is 7.07. The Balaban J connectivity index is 2.19. The fourth-order valence-corrected chi connectivity index (χ4v) is 1.36. The predicted octanol–water partition coefficient (Wildman–Crippen LogP) is 3.03. The van der Waals surface area contributed by atoms with Crippen LogP contribution in [0.4, 0.5) is 0 Å². The van der Waals surface area contributed by atoms with Crippen LogP contribution < -0.4 is 0 Å². The highest BCUT2D eigenvalue weighted by Crippen LogP contribution is 2.02. The molecule has 3 nitrogen and oxygen atoms in total. The van der Waals surface area contributed by atoms with E-state index in [2.05, 4.69) is 24.2 Å². The van der Waals surface area contributed by atoms with Crippen LogP contribution in [0.1, 0.15) is 31.4 Å². The molecule has 0 bridgehead atoms. The summed E-state index contributed by atoms with van der Waals surface area (Å²) in [5.74, 6) is 0. The molecule has 0 saturated carbocycles. The van der Waals surface area contributed by atoms with Crippen LogP contribution in [0.2, 0.25) is 0 Å². The fraction of sp³-hybridized carbons (Fsp3) is 0.500. The standard InChI is InChI=1S/C14H21NO2/c1-3-13-6-8-14(9-7-13)12-15-17-11-5-10-16-4-2/h6-9,12H,3-5,10-11H2,1-2H3/b15-12+. The van der Waals surface area contributed by atoms with Gasteiger partial charge in [0.15, 0.2) is 0 Å². The van der Waals surface area contributed by atoms with Gasteiger partial charge in [0.05, 0.1) is 6.21 Å². The van der Waals surface area contributed by atoms with Gasteiger partial charge in [0, 0.05) is 19.6 Å². The third-order valence-electron chi connectivity index (χ3n) is 2.39. The van der Waals surface area contributed by atoms with E-state index < -0.39 is 0 Å². The third-order valence-corrected chi connectivity index (χ3v) is 2.39. The van der Waals surface area contributed by atoms with Crippen LogP contribution in [0, 0.1) is 0 Å². The average molecular weight is 235 g/mol. The van der Waals surface area contributed by atoms with Crippen molar-refractivity contribution in [2.75, 3.05) is 19.8 Å². The maximum absolute atomic E-state index is 5.19. The Morgan fingerprint density at radius 1 is 1.12 bits per heavy atom. The molecule has 1 aromatic carbocycles. The molecule has 3 heteroatoms. The number of benzene rings is 1. The second-order valence-corrected chi connectivity index (χ2v) is 3.71. The molecule has 0 spiro atoms. The lowest BCUT2D eigenvalue weighted by Gasteiger charge is -2.00. The van der Waals surface area contributed by atoms with E-state index in [0.29, 0.717) is 6.61 Å².